The van der Waals surface area contributed by atoms with Gasteiger partial charge in [0, 0.05) is 6.08 Å². The number of benzene rings is 2. The van der Waals surface area contributed by atoms with Gasteiger partial charge in [0.25, 0.3) is 5.91 Å². The number of hydrogen-bond donors (Lipinski definition) is 0. The van der Waals surface area contributed by atoms with Crippen molar-refractivity contribution >= 4 is 17.7 Å². The fraction of sp³-hybridized carbons (Fsp3) is 0.250. The molecule has 0 saturated carbocycles. The maximum Gasteiger partial charge on any atom is 0.251 e. The molecule has 2 aromatic rings. The molecule has 3 rings (SSSR count). The van der Waals surface area contributed by atoms with Crippen molar-refractivity contribution in [1.29, 1.82) is 0 Å². The van der Waals surface area contributed by atoms with Crippen LogP contribution in [0.1, 0.15) is 19.4 Å². The van der Waals surface area contributed by atoms with Crippen molar-refractivity contribution < 1.29 is 14.3 Å². The Hall–Kier alpha value is -2.75. The smallest absolute Gasteiger partial charge is 0.251 e. The lowest BCUT2D eigenvalue weighted by molar-refractivity contribution is -0.114. The van der Waals surface area contributed by atoms with E-state index in [1.807, 2.05) is 68.5 Å². The van der Waals surface area contributed by atoms with E-state index < -0.39 is 0 Å². The quantitative estimate of drug-likeness (QED) is 0.801. The monoisotopic (exact) mass is 323 g/mol. The topological polar surface area (TPSA) is 38.8 Å². The Balaban J connectivity index is 1.75. The van der Waals surface area contributed by atoms with Crippen molar-refractivity contribution in [2.24, 2.45) is 0 Å². The Morgan fingerprint density at radius 2 is 2.00 bits per heavy atom. The molecule has 1 aliphatic heterocycles. The van der Waals surface area contributed by atoms with Crippen molar-refractivity contribution in [2.45, 2.75) is 20.0 Å². The fourth-order valence-electron chi connectivity index (χ4n) is 2.70. The molecule has 1 aliphatic rings. The molecular formula is C20H21NO3. The highest BCUT2D eigenvalue weighted by atomic mass is 16.5. The number of rotatable bonds is 4. The average Bonchev–Trinajstić information content (AvgIpc) is 2.60. The van der Waals surface area contributed by atoms with Crippen LogP contribution in [0.5, 0.6) is 11.5 Å². The number of nitrogens with zero attached hydrogens (tertiary/aromatic N) is 1. The zero-order valence-electron chi connectivity index (χ0n) is 13.9. The molecule has 0 saturated heterocycles. The van der Waals surface area contributed by atoms with Crippen LogP contribution in [0.25, 0.3) is 6.08 Å². The van der Waals surface area contributed by atoms with Crippen LogP contribution in [0.4, 0.5) is 5.69 Å². The molecule has 1 heterocycles. The number of ether oxygens (including phenoxy) is 2. The third kappa shape index (κ3) is 3.59. The molecule has 4 nitrogen and oxygen atoms in total. The lowest BCUT2D eigenvalue weighted by Crippen LogP contribution is -2.41. The van der Waals surface area contributed by atoms with Gasteiger partial charge in [0.2, 0.25) is 0 Å². The molecule has 2 aromatic carbocycles. The summed E-state index contributed by atoms with van der Waals surface area (Å²) in [5.41, 5.74) is 1.78. The summed E-state index contributed by atoms with van der Waals surface area (Å²) in [6.07, 6.45) is 3.40. The molecule has 124 valence electrons. The van der Waals surface area contributed by atoms with Crippen LogP contribution in [0, 0.1) is 0 Å². The van der Waals surface area contributed by atoms with Gasteiger partial charge in [-0.3, -0.25) is 4.79 Å². The van der Waals surface area contributed by atoms with Crippen LogP contribution in [-0.4, -0.2) is 25.2 Å². The molecule has 0 radical (unpaired) electrons. The lowest BCUT2D eigenvalue weighted by atomic mass is 10.1. The van der Waals surface area contributed by atoms with Crippen molar-refractivity contribution in [1.82, 2.24) is 0 Å². The maximum atomic E-state index is 12.6. The van der Waals surface area contributed by atoms with E-state index in [0.29, 0.717) is 13.2 Å². The van der Waals surface area contributed by atoms with Crippen LogP contribution in [-0.2, 0) is 4.79 Å². The Labute approximate surface area is 142 Å². The van der Waals surface area contributed by atoms with Gasteiger partial charge in [-0.05, 0) is 49.8 Å². The minimum atomic E-state index is -0.0496. The minimum Gasteiger partial charge on any atom is -0.494 e. The molecule has 1 unspecified atom stereocenters. The number of anilines is 1. The van der Waals surface area contributed by atoms with Crippen molar-refractivity contribution in [2.75, 3.05) is 18.1 Å². The van der Waals surface area contributed by atoms with E-state index in [2.05, 4.69) is 0 Å². The van der Waals surface area contributed by atoms with Gasteiger partial charge in [0.1, 0.15) is 17.6 Å². The predicted octanol–water partition coefficient (Wildman–Crippen LogP) is 3.91. The molecule has 0 N–H and O–H groups in total. The summed E-state index contributed by atoms with van der Waals surface area (Å²) < 4.78 is 11.2. The van der Waals surface area contributed by atoms with Gasteiger partial charge < -0.3 is 14.4 Å². The van der Waals surface area contributed by atoms with Gasteiger partial charge in [-0.1, -0.05) is 24.3 Å². The van der Waals surface area contributed by atoms with E-state index in [1.165, 1.54) is 0 Å². The second kappa shape index (κ2) is 7.21. The zero-order valence-corrected chi connectivity index (χ0v) is 13.9. The largest absolute Gasteiger partial charge is 0.494 e. The van der Waals surface area contributed by atoms with E-state index in [4.69, 9.17) is 9.47 Å². The SMILES string of the molecule is CCOc1ccc(C=CC(=O)N2CC(C)Oc3ccccc32)cc1. The minimum absolute atomic E-state index is 0.0253. The zero-order chi connectivity index (χ0) is 16.9. The molecule has 0 bridgehead atoms. The maximum absolute atomic E-state index is 12.6. The summed E-state index contributed by atoms with van der Waals surface area (Å²) in [4.78, 5) is 14.4. The Bertz CT molecular complexity index is 737. The summed E-state index contributed by atoms with van der Waals surface area (Å²) in [7, 11) is 0. The van der Waals surface area contributed by atoms with Crippen LogP contribution in [0.15, 0.2) is 54.6 Å². The van der Waals surface area contributed by atoms with Gasteiger partial charge in [0.15, 0.2) is 0 Å². The number of carbonyl (C=O) groups is 1. The Morgan fingerprint density at radius 3 is 2.75 bits per heavy atom. The molecule has 0 fully saturated rings. The van der Waals surface area contributed by atoms with Crippen LogP contribution < -0.4 is 14.4 Å². The molecule has 4 heteroatoms. The lowest BCUT2D eigenvalue weighted by Gasteiger charge is -2.32. The van der Waals surface area contributed by atoms with Gasteiger partial charge in [-0.25, -0.2) is 0 Å². The number of fused-ring (bicyclic) bond motifs is 1. The molecule has 0 spiro atoms. The molecule has 1 amide bonds. The first kappa shape index (κ1) is 16.1. The highest BCUT2D eigenvalue weighted by Crippen LogP contribution is 2.33. The van der Waals surface area contributed by atoms with Crippen molar-refractivity contribution in [3.63, 3.8) is 0 Å². The van der Waals surface area contributed by atoms with E-state index in [0.717, 1.165) is 22.7 Å². The third-order valence-corrected chi connectivity index (χ3v) is 3.80. The van der Waals surface area contributed by atoms with Gasteiger partial charge in [-0.15, -0.1) is 0 Å². The fourth-order valence-corrected chi connectivity index (χ4v) is 2.70. The van der Waals surface area contributed by atoms with Crippen molar-refractivity contribution in [3.8, 4) is 11.5 Å². The van der Waals surface area contributed by atoms with Gasteiger partial charge >= 0.3 is 0 Å². The van der Waals surface area contributed by atoms with Gasteiger partial charge in [0.05, 0.1) is 18.8 Å². The molecule has 1 atom stereocenters. The second-order valence-corrected chi connectivity index (χ2v) is 5.68. The molecule has 0 aromatic heterocycles. The summed E-state index contributed by atoms with van der Waals surface area (Å²) >= 11 is 0. The van der Waals surface area contributed by atoms with E-state index in [-0.39, 0.29) is 12.0 Å². The van der Waals surface area contributed by atoms with Crippen LogP contribution >= 0.6 is 0 Å². The normalized spacial score (nSPS) is 16.6. The summed E-state index contributed by atoms with van der Waals surface area (Å²) in [6, 6.07) is 15.3. The van der Waals surface area contributed by atoms with Gasteiger partial charge in [-0.2, -0.15) is 0 Å². The van der Waals surface area contributed by atoms with Crippen molar-refractivity contribution in [3.05, 3.63) is 60.2 Å². The van der Waals surface area contributed by atoms with E-state index >= 15 is 0 Å². The predicted molar refractivity (Wildman–Crippen MR) is 95.5 cm³/mol. The number of hydrogen-bond acceptors (Lipinski definition) is 3. The van der Waals surface area contributed by atoms with Crippen LogP contribution in [0.2, 0.25) is 0 Å². The first-order valence-electron chi connectivity index (χ1n) is 8.15. The highest BCUT2D eigenvalue weighted by Gasteiger charge is 2.25. The number of carbonyl (C=O) groups excluding carboxylic acids is 1. The summed E-state index contributed by atoms with van der Waals surface area (Å²) in [5.74, 6) is 1.53. The standard InChI is InChI=1S/C20H21NO3/c1-3-23-17-11-8-16(9-12-17)10-13-20(22)21-14-15(2)24-19-7-5-4-6-18(19)21/h4-13,15H,3,14H2,1-2H3. The number of amides is 1. The third-order valence-electron chi connectivity index (χ3n) is 3.80. The highest BCUT2D eigenvalue weighted by molar-refractivity contribution is 6.05. The first-order valence-corrected chi connectivity index (χ1v) is 8.15. The summed E-state index contributed by atoms with van der Waals surface area (Å²) in [5, 5.41) is 0. The molecular weight excluding hydrogens is 302 g/mol. The van der Waals surface area contributed by atoms with E-state index in [1.54, 1.807) is 11.0 Å². The van der Waals surface area contributed by atoms with E-state index in [9.17, 15) is 4.79 Å². The summed E-state index contributed by atoms with van der Waals surface area (Å²) in [6.45, 7) is 5.10. The molecule has 0 aliphatic carbocycles. The first-order chi connectivity index (χ1) is 11.7. The average molecular weight is 323 g/mol. The molecule has 24 heavy (non-hydrogen) atoms. The Kier molecular flexibility index (Phi) is 4.85. The Morgan fingerprint density at radius 1 is 1.25 bits per heavy atom. The van der Waals surface area contributed by atoms with Crippen LogP contribution in [0.3, 0.4) is 0 Å². The second-order valence-electron chi connectivity index (χ2n) is 5.68. The number of para-hydroxylation sites is 2.